The molecule has 1 atom stereocenters. The Hall–Kier alpha value is -4.23. The van der Waals surface area contributed by atoms with Gasteiger partial charge in [-0.1, -0.05) is 117 Å². The molecule has 2 aromatic rings. The highest BCUT2D eigenvalue weighted by molar-refractivity contribution is 8.15. The number of hydrogen-bond acceptors (Lipinski definition) is 6. The molecule has 0 N–H and O–H groups in total. The average Bonchev–Trinajstić information content (AvgIpc) is 3.39. The zero-order chi connectivity index (χ0) is 34.9. The lowest BCUT2D eigenvalue weighted by Gasteiger charge is -2.12. The lowest BCUT2D eigenvalue weighted by molar-refractivity contribution is -0.139. The molecule has 1 fully saturated rings. The smallest absolute Gasteiger partial charge is 0.295 e. The van der Waals surface area contributed by atoms with Gasteiger partial charge in [0.1, 0.15) is 5.75 Å². The van der Waals surface area contributed by atoms with E-state index >= 15 is 0 Å². The molecule has 1 saturated heterocycles. The molecule has 7 heteroatoms. The number of hydrogen-bond donors (Lipinski definition) is 0. The molecule has 1 unspecified atom stereocenters. The molecule has 2 heterocycles. The van der Waals surface area contributed by atoms with E-state index in [1.165, 1.54) is 5.56 Å². The van der Waals surface area contributed by atoms with Gasteiger partial charge in [-0.3, -0.25) is 19.4 Å². The number of nitrogens with zero attached hydrogens (tertiary/aromatic N) is 2. The monoisotopic (exact) mass is 680 g/mol. The van der Waals surface area contributed by atoms with Gasteiger partial charge < -0.3 is 4.74 Å². The Labute approximate surface area is 297 Å². The molecule has 0 aliphatic carbocycles. The Balaban J connectivity index is 1.25. The summed E-state index contributed by atoms with van der Waals surface area (Å²) >= 11 is 0.935. The van der Waals surface area contributed by atoms with Crippen molar-refractivity contribution in [1.82, 2.24) is 9.88 Å². The highest BCUT2D eigenvalue weighted by Gasteiger charge is 2.42. The third-order valence-corrected chi connectivity index (χ3v) is 8.83. The average molecular weight is 681 g/mol. The van der Waals surface area contributed by atoms with E-state index < -0.39 is 22.3 Å². The van der Waals surface area contributed by atoms with Gasteiger partial charge in [0.05, 0.1) is 11.9 Å². The van der Waals surface area contributed by atoms with E-state index in [0.717, 1.165) is 85.0 Å². The molecular weight excluding hydrogens is 629 g/mol. The van der Waals surface area contributed by atoms with Crippen molar-refractivity contribution in [3.05, 3.63) is 132 Å². The van der Waals surface area contributed by atoms with Gasteiger partial charge in [0.15, 0.2) is 0 Å². The predicted octanol–water partition coefficient (Wildman–Crippen LogP) is 10.3. The minimum Gasteiger partial charge on any atom is -0.493 e. The number of pyridine rings is 1. The van der Waals surface area contributed by atoms with Gasteiger partial charge in [0.25, 0.3) is 11.1 Å². The quantitative estimate of drug-likeness (QED) is 0.0910. The summed E-state index contributed by atoms with van der Waals surface area (Å²) in [6.07, 6.45) is 37.1. The Morgan fingerprint density at radius 2 is 1.35 bits per heavy atom. The fraction of sp³-hybridized carbons (Fsp3) is 0.381. The number of ether oxygens (including phenoxy) is 1. The van der Waals surface area contributed by atoms with E-state index in [0.29, 0.717) is 25.9 Å². The fourth-order valence-corrected chi connectivity index (χ4v) is 5.98. The maximum Gasteiger partial charge on any atom is 0.295 e. The van der Waals surface area contributed by atoms with Crippen LogP contribution in [0.1, 0.15) is 88.5 Å². The minimum atomic E-state index is -0.594. The van der Waals surface area contributed by atoms with Crippen LogP contribution in [0.4, 0.5) is 4.79 Å². The molecule has 1 aromatic carbocycles. The number of imide groups is 3. The van der Waals surface area contributed by atoms with Crippen LogP contribution in [-0.4, -0.2) is 38.8 Å². The Bertz CT molecular complexity index is 1470. The van der Waals surface area contributed by atoms with Crippen LogP contribution in [0.2, 0.25) is 0 Å². The van der Waals surface area contributed by atoms with E-state index in [1.807, 2.05) is 42.6 Å². The molecule has 1 aliphatic heterocycles. The number of carbonyl (C=O) groups excluding carboxylic acids is 3. The van der Waals surface area contributed by atoms with Gasteiger partial charge in [-0.25, -0.2) is 4.90 Å². The van der Waals surface area contributed by atoms with Crippen LogP contribution in [-0.2, 0) is 28.9 Å². The highest BCUT2D eigenvalue weighted by Crippen LogP contribution is 2.31. The molecule has 3 amide bonds. The standard InChI is InChI=1S/C42H52N2O4S/c1-3-5-6-7-8-9-10-11-12-13-14-15-16-17-18-19-20-21-22-23-24-40(45)44-41(46)39(49-42(44)47)33-36-26-29-38(30-27-36)48-32-31-37-28-25-35(4-2)34-43-37/h5-6,8-9,11-12,14-15,17-18,20-21,25-30,34,39H,3-4,7,10,13,16,19,22-24,31-33H2,1-2H3/b6-5-,9-8-,12-11-,15-14-,18-17-,21-20-. The first-order chi connectivity index (χ1) is 24.0. The Morgan fingerprint density at radius 1 is 0.776 bits per heavy atom. The van der Waals surface area contributed by atoms with Crippen LogP contribution in [0.15, 0.2) is 116 Å². The molecule has 0 radical (unpaired) electrons. The van der Waals surface area contributed by atoms with Crippen molar-refractivity contribution in [2.75, 3.05) is 6.61 Å². The van der Waals surface area contributed by atoms with Gasteiger partial charge >= 0.3 is 0 Å². The minimum absolute atomic E-state index is 0.168. The van der Waals surface area contributed by atoms with Crippen molar-refractivity contribution in [1.29, 1.82) is 0 Å². The lowest BCUT2D eigenvalue weighted by Crippen LogP contribution is -2.37. The number of unbranched alkanes of at least 4 members (excludes halogenated alkanes) is 1. The van der Waals surface area contributed by atoms with Gasteiger partial charge in [0.2, 0.25) is 5.91 Å². The summed E-state index contributed by atoms with van der Waals surface area (Å²) in [6.45, 7) is 4.77. The third kappa shape index (κ3) is 15.7. The molecule has 6 nitrogen and oxygen atoms in total. The molecule has 3 rings (SSSR count). The van der Waals surface area contributed by atoms with Crippen molar-refractivity contribution in [2.45, 2.75) is 96.1 Å². The second-order valence-corrected chi connectivity index (χ2v) is 12.9. The van der Waals surface area contributed by atoms with Crippen LogP contribution in [0, 0.1) is 0 Å². The molecule has 49 heavy (non-hydrogen) atoms. The SMILES string of the molecule is CC/C=C\C/C=C\C/C=C\C/C=C\C/C=C\C/C=C\CCCC(=O)N1C(=O)SC(Cc2ccc(OCCc3ccc(CC)cn3)cc2)C1=O. The summed E-state index contributed by atoms with van der Waals surface area (Å²) in [6, 6.07) is 11.7. The van der Waals surface area contributed by atoms with Crippen molar-refractivity contribution in [3.63, 3.8) is 0 Å². The van der Waals surface area contributed by atoms with Crippen molar-refractivity contribution < 1.29 is 19.1 Å². The molecule has 0 saturated carbocycles. The van der Waals surface area contributed by atoms with Gasteiger partial charge in [-0.15, -0.1) is 0 Å². The Kier molecular flexibility index (Phi) is 19.2. The number of benzene rings is 1. The number of aryl methyl sites for hydroxylation is 1. The van der Waals surface area contributed by atoms with Crippen LogP contribution in [0.3, 0.4) is 0 Å². The van der Waals surface area contributed by atoms with Crippen molar-refractivity contribution in [3.8, 4) is 5.75 Å². The second kappa shape index (κ2) is 24.0. The third-order valence-electron chi connectivity index (χ3n) is 7.79. The van der Waals surface area contributed by atoms with E-state index in [4.69, 9.17) is 4.74 Å². The van der Waals surface area contributed by atoms with Crippen LogP contribution >= 0.6 is 11.8 Å². The Morgan fingerprint density at radius 3 is 1.90 bits per heavy atom. The first kappa shape index (κ1) is 39.2. The van der Waals surface area contributed by atoms with Gasteiger partial charge in [-0.2, -0.15) is 0 Å². The number of rotatable bonds is 22. The molecule has 0 spiro atoms. The first-order valence-electron chi connectivity index (χ1n) is 17.6. The number of aromatic nitrogens is 1. The fourth-order valence-electron chi connectivity index (χ4n) is 4.96. The van der Waals surface area contributed by atoms with Crippen LogP contribution < -0.4 is 4.74 Å². The second-order valence-electron chi connectivity index (χ2n) is 11.7. The van der Waals surface area contributed by atoms with Crippen molar-refractivity contribution in [2.24, 2.45) is 0 Å². The van der Waals surface area contributed by atoms with Crippen molar-refractivity contribution >= 4 is 28.8 Å². The summed E-state index contributed by atoms with van der Waals surface area (Å²) in [4.78, 5) is 43.5. The first-order valence-corrected chi connectivity index (χ1v) is 18.5. The summed E-state index contributed by atoms with van der Waals surface area (Å²) in [5.74, 6) is -0.103. The van der Waals surface area contributed by atoms with E-state index in [9.17, 15) is 14.4 Å². The highest BCUT2D eigenvalue weighted by atomic mass is 32.2. The molecule has 260 valence electrons. The van der Waals surface area contributed by atoms with E-state index in [2.05, 4.69) is 91.7 Å². The summed E-state index contributed by atoms with van der Waals surface area (Å²) < 4.78 is 5.86. The molecule has 0 bridgehead atoms. The number of thioether (sulfide) groups is 1. The summed E-state index contributed by atoms with van der Waals surface area (Å²) in [5.41, 5.74) is 3.11. The van der Waals surface area contributed by atoms with E-state index in [1.54, 1.807) is 0 Å². The van der Waals surface area contributed by atoms with Gasteiger partial charge in [-0.05, 0) is 93.5 Å². The molecule has 1 aliphatic rings. The predicted molar refractivity (Wildman–Crippen MR) is 204 cm³/mol. The largest absolute Gasteiger partial charge is 0.493 e. The number of allylic oxidation sites excluding steroid dienone is 12. The van der Waals surface area contributed by atoms with Gasteiger partial charge in [0, 0.05) is 24.7 Å². The number of carbonyl (C=O) groups is 3. The lowest BCUT2D eigenvalue weighted by atomic mass is 10.1. The topological polar surface area (TPSA) is 76.6 Å². The van der Waals surface area contributed by atoms with E-state index in [-0.39, 0.29) is 6.42 Å². The summed E-state index contributed by atoms with van der Waals surface area (Å²) in [5, 5.41) is -1.07. The normalized spacial score (nSPS) is 15.6. The maximum atomic E-state index is 13.0. The molecular formula is C42H52N2O4S. The maximum absolute atomic E-state index is 13.0. The zero-order valence-electron chi connectivity index (χ0n) is 29.2. The molecule has 1 aromatic heterocycles. The van der Waals surface area contributed by atoms with Crippen LogP contribution in [0.5, 0.6) is 5.75 Å². The number of amides is 3. The zero-order valence-corrected chi connectivity index (χ0v) is 30.0. The van der Waals surface area contributed by atoms with Crippen LogP contribution in [0.25, 0.3) is 0 Å². The summed E-state index contributed by atoms with van der Waals surface area (Å²) in [7, 11) is 0.